The Morgan fingerprint density at radius 1 is 0.545 bits per heavy atom. The van der Waals surface area contributed by atoms with Crippen LogP contribution in [0, 0.1) is 18.8 Å². The van der Waals surface area contributed by atoms with Crippen molar-refractivity contribution in [2.45, 2.75) is 46.9 Å². The number of hydrogen-bond acceptors (Lipinski definition) is 0. The Hall–Kier alpha value is 2.18. The van der Waals surface area contributed by atoms with Gasteiger partial charge in [0.15, 0.2) is 8.67 Å². The Labute approximate surface area is 250 Å². The van der Waals surface area contributed by atoms with E-state index in [-0.39, 0.29) is 20.1 Å². The predicted octanol–water partition coefficient (Wildman–Crippen LogP) is 10.1. The van der Waals surface area contributed by atoms with Crippen LogP contribution in [0.1, 0.15) is 28.5 Å². The third kappa shape index (κ3) is 2.19. The van der Waals surface area contributed by atoms with E-state index in [1.807, 2.05) is 25.1 Å². The van der Waals surface area contributed by atoms with E-state index in [9.17, 15) is 0 Å². The number of rotatable bonds is 0. The molecule has 2 fully saturated rings. The smallest absolute Gasteiger partial charge is 0.109 e. The Balaban J connectivity index is 1.79. The molecule has 1 aromatic carbocycles. The normalized spacial score (nSPS) is 50.1. The molecule has 0 aromatic heterocycles. The van der Waals surface area contributed by atoms with Gasteiger partial charge in [-0.25, -0.2) is 0 Å². The van der Waals surface area contributed by atoms with Gasteiger partial charge in [-0.3, -0.25) is 0 Å². The fourth-order valence-corrected chi connectivity index (χ4v) is 13.1. The molecule has 0 aliphatic heterocycles. The van der Waals surface area contributed by atoms with Gasteiger partial charge >= 0.3 is 0 Å². The van der Waals surface area contributed by atoms with Crippen molar-refractivity contribution in [2.75, 3.05) is 0 Å². The lowest BCUT2D eigenvalue weighted by molar-refractivity contribution is 0.201. The number of hydrogen-bond donors (Lipinski definition) is 0. The molecule has 5 aliphatic carbocycles. The van der Waals surface area contributed by atoms with Gasteiger partial charge in [0.2, 0.25) is 0 Å². The summed E-state index contributed by atoms with van der Waals surface area (Å²) in [6.07, 6.45) is 0. The SMILES string of the molecule is Cc1ccc2c(c1)[C@@H]1[C@H]([C@@H]3[C@@H]2[C@@]2(Cl)C(Cl)=C(Cl)[C@@]3(Cl)C2(Cl)Cl)[C@@]2(Cl)C(Cl)=C(Cl)[C@@]1(Cl)C2(Cl)Cl. The van der Waals surface area contributed by atoms with Crippen molar-refractivity contribution < 1.29 is 0 Å². The lowest BCUT2D eigenvalue weighted by Crippen LogP contribution is -2.53. The minimum atomic E-state index is -1.81. The third-order valence-electron chi connectivity index (χ3n) is 8.28. The molecule has 0 spiro atoms. The summed E-state index contributed by atoms with van der Waals surface area (Å²) in [6.45, 7) is 1.95. The molecule has 2 saturated carbocycles. The van der Waals surface area contributed by atoms with Crippen LogP contribution in [-0.2, 0) is 0 Å². The van der Waals surface area contributed by atoms with Crippen molar-refractivity contribution in [3.63, 3.8) is 0 Å². The van der Waals surface area contributed by atoms with Crippen molar-refractivity contribution >= 4 is 139 Å². The van der Waals surface area contributed by atoms with Gasteiger partial charge in [-0.05, 0) is 18.1 Å². The first-order valence-corrected chi connectivity index (χ1v) is 14.3. The van der Waals surface area contributed by atoms with Crippen LogP contribution < -0.4 is 0 Å². The lowest BCUT2D eigenvalue weighted by Gasteiger charge is -2.52. The van der Waals surface area contributed by atoms with Gasteiger partial charge in [0, 0.05) is 23.7 Å². The van der Waals surface area contributed by atoms with Gasteiger partial charge < -0.3 is 0 Å². The van der Waals surface area contributed by atoms with Crippen LogP contribution in [0.15, 0.2) is 38.3 Å². The summed E-state index contributed by atoms with van der Waals surface area (Å²) >= 11 is 83.7. The minimum Gasteiger partial charge on any atom is -0.109 e. The molecule has 12 heteroatoms. The second-order valence-electron chi connectivity index (χ2n) is 9.39. The lowest BCUT2D eigenvalue weighted by atomic mass is 9.57. The summed E-state index contributed by atoms with van der Waals surface area (Å²) in [5.74, 6) is -2.56. The molecular formula is C21H10Cl12. The zero-order valence-electron chi connectivity index (χ0n) is 16.1. The highest BCUT2D eigenvalue weighted by molar-refractivity contribution is 6.67. The first-order chi connectivity index (χ1) is 15.0. The van der Waals surface area contributed by atoms with E-state index in [1.54, 1.807) is 0 Å². The average Bonchev–Trinajstić information content (AvgIpc) is 3.08. The number of alkyl halides is 8. The van der Waals surface area contributed by atoms with Gasteiger partial charge in [-0.15, -0.1) is 46.4 Å². The van der Waals surface area contributed by atoms with Crippen LogP contribution >= 0.6 is 139 Å². The summed E-state index contributed by atoms with van der Waals surface area (Å²) < 4.78 is -3.61. The van der Waals surface area contributed by atoms with E-state index in [1.165, 1.54) is 0 Å². The molecule has 0 unspecified atom stereocenters. The summed E-state index contributed by atoms with van der Waals surface area (Å²) in [4.78, 5) is -6.35. The summed E-state index contributed by atoms with van der Waals surface area (Å²) in [6, 6.07) is 5.85. The van der Waals surface area contributed by atoms with Gasteiger partial charge in [0.25, 0.3) is 0 Å². The van der Waals surface area contributed by atoms with E-state index in [2.05, 4.69) is 0 Å². The largest absolute Gasteiger partial charge is 0.167 e. The van der Waals surface area contributed by atoms with Crippen molar-refractivity contribution in [1.29, 1.82) is 0 Å². The number of benzene rings is 1. The van der Waals surface area contributed by atoms with Gasteiger partial charge in [0.05, 0.1) is 20.1 Å². The number of aryl methyl sites for hydroxylation is 1. The molecular weight excluding hydrogens is 678 g/mol. The molecule has 6 rings (SSSR count). The second-order valence-corrected chi connectivity index (χ2v) is 15.9. The summed E-state index contributed by atoms with van der Waals surface area (Å²) in [5.41, 5.74) is 2.58. The Kier molecular flexibility index (Phi) is 5.28. The van der Waals surface area contributed by atoms with Gasteiger partial charge in [0.1, 0.15) is 19.5 Å². The van der Waals surface area contributed by atoms with E-state index in [0.717, 1.165) is 16.7 Å². The van der Waals surface area contributed by atoms with Crippen LogP contribution in [0.4, 0.5) is 0 Å². The number of allylic oxidation sites excluding steroid dienone is 4. The highest BCUT2D eigenvalue weighted by Crippen LogP contribution is 2.88. The fraction of sp³-hybridized carbons (Fsp3) is 0.524. The van der Waals surface area contributed by atoms with E-state index >= 15 is 0 Å². The first kappa shape index (κ1) is 25.5. The standard InChI is InChI=1S/C21H10Cl12/c1-5-2-3-6-7(4-5)9-11(19(29)15(25)13(23)17(9,27)21(19,32)33)10-8(6)16(26)12(22)14(24)18(10,28)20(16,30)31/h2-4,8-11H,1H3/t8-,9-,10+,11-,16-,17-,18-,19-/m1/s1. The zero-order valence-corrected chi connectivity index (χ0v) is 25.1. The van der Waals surface area contributed by atoms with Gasteiger partial charge in [-0.1, -0.05) is 117 Å². The van der Waals surface area contributed by atoms with Gasteiger partial charge in [-0.2, -0.15) is 0 Å². The highest BCUT2D eigenvalue weighted by Gasteiger charge is 2.91. The molecule has 5 aliphatic rings. The Bertz CT molecular complexity index is 1230. The maximum absolute atomic E-state index is 7.29. The molecule has 0 nitrogen and oxygen atoms in total. The number of fused-ring (bicyclic) bond motifs is 14. The molecule has 8 atom stereocenters. The van der Waals surface area contributed by atoms with Crippen LogP contribution in [0.25, 0.3) is 0 Å². The Morgan fingerprint density at radius 3 is 1.33 bits per heavy atom. The fourth-order valence-electron chi connectivity index (χ4n) is 7.02. The summed E-state index contributed by atoms with van der Waals surface area (Å²) in [7, 11) is 0. The van der Waals surface area contributed by atoms with Crippen molar-refractivity contribution in [2.24, 2.45) is 11.8 Å². The summed E-state index contributed by atoms with van der Waals surface area (Å²) in [5, 5.41) is 0.281. The van der Waals surface area contributed by atoms with Crippen LogP contribution in [0.5, 0.6) is 0 Å². The van der Waals surface area contributed by atoms with Crippen molar-refractivity contribution in [1.82, 2.24) is 0 Å². The molecule has 0 saturated heterocycles. The van der Waals surface area contributed by atoms with E-state index < -0.39 is 51.8 Å². The molecule has 178 valence electrons. The predicted molar refractivity (Wildman–Crippen MR) is 144 cm³/mol. The van der Waals surface area contributed by atoms with Crippen molar-refractivity contribution in [3.05, 3.63) is 55.0 Å². The maximum atomic E-state index is 7.29. The third-order valence-corrected chi connectivity index (χ3v) is 16.8. The molecule has 0 heterocycles. The highest BCUT2D eigenvalue weighted by atomic mass is 35.5. The van der Waals surface area contributed by atoms with Crippen LogP contribution in [-0.4, -0.2) is 28.2 Å². The molecule has 0 N–H and O–H groups in total. The molecule has 0 radical (unpaired) electrons. The molecule has 4 bridgehead atoms. The van der Waals surface area contributed by atoms with Crippen LogP contribution in [0.3, 0.4) is 0 Å². The molecule has 33 heavy (non-hydrogen) atoms. The molecule has 1 aromatic rings. The Morgan fingerprint density at radius 2 is 0.909 bits per heavy atom. The van der Waals surface area contributed by atoms with E-state index in [0.29, 0.717) is 0 Å². The second kappa shape index (κ2) is 6.84. The van der Waals surface area contributed by atoms with E-state index in [4.69, 9.17) is 139 Å². The molecule has 0 amide bonds. The monoisotopic (exact) mass is 682 g/mol. The van der Waals surface area contributed by atoms with Crippen molar-refractivity contribution in [3.8, 4) is 0 Å². The quantitative estimate of drug-likeness (QED) is 0.238. The topological polar surface area (TPSA) is 0 Å². The minimum absolute atomic E-state index is 0.0500. The number of halogens is 12. The van der Waals surface area contributed by atoms with Crippen LogP contribution in [0.2, 0.25) is 0 Å². The maximum Gasteiger partial charge on any atom is 0.167 e. The zero-order chi connectivity index (χ0) is 24.5. The first-order valence-electron chi connectivity index (χ1n) is 9.74. The average molecular weight is 688 g/mol.